The second-order valence-electron chi connectivity index (χ2n) is 8.83. The smallest absolute Gasteiger partial charge is 0.329 e. The van der Waals surface area contributed by atoms with E-state index < -0.39 is 18.1 Å². The summed E-state index contributed by atoms with van der Waals surface area (Å²) in [6.07, 6.45) is 0.476. The molecule has 4 rings (SSSR count). The Hall–Kier alpha value is -3.19. The molecule has 0 radical (unpaired) electrons. The van der Waals surface area contributed by atoms with Gasteiger partial charge in [-0.25, -0.2) is 4.79 Å². The molecule has 6 nitrogen and oxygen atoms in total. The number of carbonyl (C=O) groups excluding carboxylic acids is 2. The number of rotatable bonds is 8. The Morgan fingerprint density at radius 2 is 1.89 bits per heavy atom. The summed E-state index contributed by atoms with van der Waals surface area (Å²) in [5.41, 5.74) is 4.04. The molecule has 1 heterocycles. The van der Waals surface area contributed by atoms with Crippen LogP contribution in [0.15, 0.2) is 72.8 Å². The first-order valence-corrected chi connectivity index (χ1v) is 12.0. The molecule has 3 aromatic carbocycles. The van der Waals surface area contributed by atoms with Crippen molar-refractivity contribution in [2.75, 3.05) is 18.6 Å². The zero-order valence-corrected chi connectivity index (χ0v) is 20.5. The van der Waals surface area contributed by atoms with Crippen LogP contribution in [0.3, 0.4) is 0 Å². The van der Waals surface area contributed by atoms with E-state index in [-0.39, 0.29) is 11.9 Å². The van der Waals surface area contributed by atoms with Gasteiger partial charge >= 0.3 is 5.97 Å². The number of esters is 1. The Kier molecular flexibility index (Phi) is 7.86. The van der Waals surface area contributed by atoms with Crippen molar-refractivity contribution in [3.05, 3.63) is 100 Å². The van der Waals surface area contributed by atoms with Crippen LogP contribution >= 0.6 is 11.6 Å². The average Bonchev–Trinajstić information content (AvgIpc) is 3.25. The van der Waals surface area contributed by atoms with Gasteiger partial charge in [0.05, 0.1) is 13.2 Å². The normalized spacial score (nSPS) is 16.5. The van der Waals surface area contributed by atoms with Gasteiger partial charge in [-0.15, -0.1) is 0 Å². The fourth-order valence-corrected chi connectivity index (χ4v) is 4.70. The van der Waals surface area contributed by atoms with Gasteiger partial charge in [0.2, 0.25) is 0 Å². The van der Waals surface area contributed by atoms with E-state index in [1.54, 1.807) is 41.3 Å². The first-order valence-electron chi connectivity index (χ1n) is 11.6. The molecule has 1 amide bonds. The first kappa shape index (κ1) is 24.9. The summed E-state index contributed by atoms with van der Waals surface area (Å²) in [7, 11) is 1.34. The van der Waals surface area contributed by atoms with Crippen molar-refractivity contribution in [2.24, 2.45) is 0 Å². The molecule has 1 aliphatic heterocycles. The van der Waals surface area contributed by atoms with Gasteiger partial charge in [0.25, 0.3) is 5.91 Å². The zero-order valence-electron chi connectivity index (χ0n) is 19.8. The maximum Gasteiger partial charge on any atom is 0.329 e. The van der Waals surface area contributed by atoms with Gasteiger partial charge < -0.3 is 15.2 Å². The highest BCUT2D eigenvalue weighted by Crippen LogP contribution is 2.35. The molecule has 0 fully saturated rings. The maximum absolute atomic E-state index is 13.3. The highest BCUT2D eigenvalue weighted by molar-refractivity contribution is 6.30. The fourth-order valence-electron chi connectivity index (χ4n) is 4.50. The largest absolute Gasteiger partial charge is 0.467 e. The van der Waals surface area contributed by atoms with Gasteiger partial charge in [0.1, 0.15) is 6.04 Å². The minimum absolute atomic E-state index is 0.0988. The summed E-state index contributed by atoms with van der Waals surface area (Å²) >= 11 is 6.02. The first-order chi connectivity index (χ1) is 16.9. The molecule has 0 bridgehead atoms. The molecule has 0 saturated heterocycles. The summed E-state index contributed by atoms with van der Waals surface area (Å²) in [5, 5.41) is 14.4. The summed E-state index contributed by atoms with van der Waals surface area (Å²) < 4.78 is 5.00. The number of aliphatic hydroxyl groups is 1. The van der Waals surface area contributed by atoms with E-state index in [1.165, 1.54) is 7.11 Å². The third-order valence-electron chi connectivity index (χ3n) is 6.28. The summed E-state index contributed by atoms with van der Waals surface area (Å²) in [6.45, 7) is 2.45. The number of hydrogen-bond acceptors (Lipinski definition) is 5. The van der Waals surface area contributed by atoms with E-state index in [0.717, 1.165) is 28.8 Å². The Morgan fingerprint density at radius 1 is 1.11 bits per heavy atom. The Bertz CT molecular complexity index is 1200. The molecule has 2 N–H and O–H groups in total. The number of aliphatic hydroxyl groups excluding tert-OH is 1. The predicted molar refractivity (Wildman–Crippen MR) is 137 cm³/mol. The molecule has 0 aromatic heterocycles. The summed E-state index contributed by atoms with van der Waals surface area (Å²) in [4.78, 5) is 27.3. The molecule has 35 heavy (non-hydrogen) atoms. The number of fused-ring (bicyclic) bond motifs is 1. The minimum Gasteiger partial charge on any atom is -0.467 e. The molecule has 0 spiro atoms. The fraction of sp³-hybridized carbons (Fsp3) is 0.286. The molecule has 3 atom stereocenters. The lowest BCUT2D eigenvalue weighted by molar-refractivity contribution is -0.141. The number of amides is 1. The maximum atomic E-state index is 13.3. The van der Waals surface area contributed by atoms with Gasteiger partial charge in [-0.05, 0) is 60.4 Å². The van der Waals surface area contributed by atoms with Gasteiger partial charge in [-0.1, -0.05) is 54.1 Å². The predicted octanol–water partition coefficient (Wildman–Crippen LogP) is 4.34. The summed E-state index contributed by atoms with van der Waals surface area (Å²) in [5.74, 6) is -0.658. The van der Waals surface area contributed by atoms with E-state index in [2.05, 4.69) is 18.3 Å². The van der Waals surface area contributed by atoms with Crippen molar-refractivity contribution in [1.29, 1.82) is 0 Å². The monoisotopic (exact) mass is 492 g/mol. The standard InChI is InChI=1S/C28H29ClN2O4/c1-18(30-17-26(32)21-9-6-10-23(29)15-21)13-19-11-12-24-22(14-19)16-25(28(34)35-2)31(24)27(33)20-7-4-3-5-8-20/h3-12,14-15,18,25-26,30,32H,13,16-17H2,1-2H3. The van der Waals surface area contributed by atoms with Crippen LogP contribution in [0.4, 0.5) is 5.69 Å². The molecule has 3 aromatic rings. The minimum atomic E-state index is -0.693. The number of benzene rings is 3. The highest BCUT2D eigenvalue weighted by Gasteiger charge is 2.39. The molecule has 182 valence electrons. The molecule has 1 aliphatic rings. The van der Waals surface area contributed by atoms with E-state index >= 15 is 0 Å². The molecule has 0 saturated carbocycles. The van der Waals surface area contributed by atoms with Crippen LogP contribution in [-0.2, 0) is 22.4 Å². The number of anilines is 1. The highest BCUT2D eigenvalue weighted by atomic mass is 35.5. The molecule has 7 heteroatoms. The van der Waals surface area contributed by atoms with E-state index in [0.29, 0.717) is 23.6 Å². The number of halogens is 1. The summed E-state index contributed by atoms with van der Waals surface area (Å²) in [6, 6.07) is 21.5. The van der Waals surface area contributed by atoms with Gasteiger partial charge in [0, 0.05) is 35.3 Å². The van der Waals surface area contributed by atoms with Crippen LogP contribution in [0.2, 0.25) is 5.02 Å². The molecule has 3 unspecified atom stereocenters. The number of ether oxygens (including phenoxy) is 1. The lowest BCUT2D eigenvalue weighted by atomic mass is 10.0. The van der Waals surface area contributed by atoms with Crippen LogP contribution in [0.5, 0.6) is 0 Å². The van der Waals surface area contributed by atoms with Gasteiger partial charge in [-0.3, -0.25) is 9.69 Å². The van der Waals surface area contributed by atoms with E-state index in [9.17, 15) is 14.7 Å². The van der Waals surface area contributed by atoms with Crippen molar-refractivity contribution in [1.82, 2.24) is 5.32 Å². The van der Waals surface area contributed by atoms with E-state index in [4.69, 9.17) is 16.3 Å². The Labute approximate surface area is 210 Å². The number of methoxy groups -OCH3 is 1. The average molecular weight is 493 g/mol. The van der Waals surface area contributed by atoms with Gasteiger partial charge in [0.15, 0.2) is 0 Å². The van der Waals surface area contributed by atoms with Crippen molar-refractivity contribution in [2.45, 2.75) is 38.0 Å². The van der Waals surface area contributed by atoms with Crippen LogP contribution in [0.25, 0.3) is 0 Å². The third kappa shape index (κ3) is 5.73. The van der Waals surface area contributed by atoms with Crippen molar-refractivity contribution < 1.29 is 19.4 Å². The van der Waals surface area contributed by atoms with Crippen molar-refractivity contribution >= 4 is 29.2 Å². The molecular formula is C28H29ClN2O4. The second-order valence-corrected chi connectivity index (χ2v) is 9.27. The lowest BCUT2D eigenvalue weighted by Gasteiger charge is -2.24. The van der Waals surface area contributed by atoms with Gasteiger partial charge in [-0.2, -0.15) is 0 Å². The topological polar surface area (TPSA) is 78.9 Å². The Balaban J connectivity index is 1.46. The third-order valence-corrected chi connectivity index (χ3v) is 6.51. The molecular weight excluding hydrogens is 464 g/mol. The second kappa shape index (κ2) is 11.0. The van der Waals surface area contributed by atoms with Crippen LogP contribution in [0.1, 0.15) is 40.1 Å². The van der Waals surface area contributed by atoms with Crippen molar-refractivity contribution in [3.63, 3.8) is 0 Å². The van der Waals surface area contributed by atoms with Crippen molar-refractivity contribution in [3.8, 4) is 0 Å². The quantitative estimate of drug-likeness (QED) is 0.457. The number of nitrogens with zero attached hydrogens (tertiary/aromatic N) is 1. The van der Waals surface area contributed by atoms with E-state index in [1.807, 2.05) is 30.3 Å². The number of nitrogens with one attached hydrogen (secondary N) is 1. The Morgan fingerprint density at radius 3 is 2.60 bits per heavy atom. The lowest BCUT2D eigenvalue weighted by Crippen LogP contribution is -2.43. The molecule has 0 aliphatic carbocycles. The SMILES string of the molecule is COC(=O)C1Cc2cc(CC(C)NCC(O)c3cccc(Cl)c3)ccc2N1C(=O)c1ccccc1. The zero-order chi connectivity index (χ0) is 24.9. The van der Waals surface area contributed by atoms with Crippen LogP contribution in [0, 0.1) is 0 Å². The number of carbonyl (C=O) groups is 2. The van der Waals surface area contributed by atoms with Crippen LogP contribution in [-0.4, -0.2) is 42.7 Å². The number of hydrogen-bond donors (Lipinski definition) is 2. The van der Waals surface area contributed by atoms with Crippen LogP contribution < -0.4 is 10.2 Å².